The number of benzene rings is 2. The van der Waals surface area contributed by atoms with E-state index in [2.05, 4.69) is 9.97 Å². The van der Waals surface area contributed by atoms with Crippen LogP contribution in [0.15, 0.2) is 66.7 Å². The molecule has 3 aromatic rings. The maximum atomic E-state index is 13.1. The van der Waals surface area contributed by atoms with E-state index in [1.807, 2.05) is 0 Å². The van der Waals surface area contributed by atoms with Crippen LogP contribution in [0.3, 0.4) is 0 Å². The maximum absolute atomic E-state index is 13.1. The summed E-state index contributed by atoms with van der Waals surface area (Å²) in [6.07, 6.45) is -1.57. The second-order valence-electron chi connectivity index (χ2n) is 6.52. The Morgan fingerprint density at radius 2 is 1.48 bits per heavy atom. The number of rotatable bonds is 7. The number of nitrogens with zero attached hydrogens (tertiary/aromatic N) is 2. The van der Waals surface area contributed by atoms with Gasteiger partial charge in [0, 0.05) is 18.4 Å². The molecule has 6 nitrogen and oxygen atoms in total. The highest BCUT2D eigenvalue weighted by Gasteiger charge is 2.50. The van der Waals surface area contributed by atoms with Gasteiger partial charge in [-0.05, 0) is 31.0 Å². The van der Waals surface area contributed by atoms with Crippen LogP contribution < -0.4 is 4.74 Å². The highest BCUT2D eigenvalue weighted by atomic mass is 16.6. The van der Waals surface area contributed by atoms with Gasteiger partial charge in [0.15, 0.2) is 5.60 Å². The van der Waals surface area contributed by atoms with Gasteiger partial charge in [0.1, 0.15) is 0 Å². The highest BCUT2D eigenvalue weighted by Crippen LogP contribution is 2.38. The lowest BCUT2D eigenvalue weighted by molar-refractivity contribution is -0.164. The van der Waals surface area contributed by atoms with Gasteiger partial charge in [-0.2, -0.15) is 0 Å². The van der Waals surface area contributed by atoms with Crippen LogP contribution in [-0.4, -0.2) is 36.2 Å². The third kappa shape index (κ3) is 4.12. The Labute approximate surface area is 174 Å². The minimum atomic E-state index is -2.88. The van der Waals surface area contributed by atoms with Crippen molar-refractivity contribution in [1.29, 1.82) is 0 Å². The van der Waals surface area contributed by atoms with Crippen LogP contribution in [0.25, 0.3) is 0 Å². The monoisotopic (exact) mass is 395 g/mol. The summed E-state index contributed by atoms with van der Waals surface area (Å²) in [5, 5.41) is 0. The van der Waals surface area contributed by atoms with E-state index in [0.29, 0.717) is 22.5 Å². The fourth-order valence-electron chi connectivity index (χ4n) is 3.27. The number of aromatic nitrogens is 2. The van der Waals surface area contributed by atoms with Crippen LogP contribution in [0.4, 0.5) is 0 Å². The fraction of sp³-hybridized carbons (Fsp3) is 0.261. The van der Waals surface area contributed by atoms with E-state index in [4.69, 9.17) is 18.3 Å². The molecule has 0 aliphatic carbocycles. The largest absolute Gasteiger partial charge is 0.466 e. The zero-order valence-corrected chi connectivity index (χ0v) is 16.5. The van der Waals surface area contributed by atoms with Crippen LogP contribution in [0.1, 0.15) is 26.6 Å². The third-order valence-electron chi connectivity index (χ3n) is 4.54. The van der Waals surface area contributed by atoms with Crippen molar-refractivity contribution in [3.8, 4) is 6.01 Å². The molecule has 0 aliphatic heterocycles. The number of methoxy groups -OCH3 is 2. The number of carbonyl (C=O) groups excluding carboxylic acids is 1. The first-order valence-corrected chi connectivity index (χ1v) is 9.04. The average molecular weight is 395 g/mol. The molecule has 6 heteroatoms. The second-order valence-corrected chi connectivity index (χ2v) is 6.52. The van der Waals surface area contributed by atoms with E-state index in [1.54, 1.807) is 80.6 Å². The fourth-order valence-corrected chi connectivity index (χ4v) is 3.27. The summed E-state index contributed by atoms with van der Waals surface area (Å²) < 4.78 is 40.4. The van der Waals surface area contributed by atoms with Gasteiger partial charge in [0.05, 0.1) is 11.2 Å². The van der Waals surface area contributed by atoms with E-state index in [9.17, 15) is 4.79 Å². The zero-order chi connectivity index (χ0) is 23.4. The molecule has 1 atom stereocenters. The molecule has 1 heterocycles. The lowest BCUT2D eigenvalue weighted by atomic mass is 9.81. The van der Waals surface area contributed by atoms with Crippen LogP contribution in [0.5, 0.6) is 6.01 Å². The molecule has 0 saturated carbocycles. The predicted octanol–water partition coefficient (Wildman–Crippen LogP) is 3.60. The van der Waals surface area contributed by atoms with Gasteiger partial charge in [-0.3, -0.25) is 0 Å². The molecule has 150 valence electrons. The average Bonchev–Trinajstić information content (AvgIpc) is 2.75. The Hall–Kier alpha value is -3.25. The topological polar surface area (TPSA) is 70.5 Å². The molecule has 0 N–H and O–H groups in total. The number of carbonyl (C=O) groups is 1. The highest BCUT2D eigenvalue weighted by molar-refractivity contribution is 5.78. The van der Waals surface area contributed by atoms with Crippen molar-refractivity contribution in [2.24, 2.45) is 0 Å². The first kappa shape index (κ1) is 16.7. The van der Waals surface area contributed by atoms with Crippen molar-refractivity contribution >= 4 is 5.97 Å². The van der Waals surface area contributed by atoms with Crippen molar-refractivity contribution < 1.29 is 23.1 Å². The van der Waals surface area contributed by atoms with Crippen molar-refractivity contribution in [2.75, 3.05) is 14.1 Å². The summed E-state index contributed by atoms with van der Waals surface area (Å²) >= 11 is 0. The van der Waals surface area contributed by atoms with Gasteiger partial charge in [0.25, 0.3) is 0 Å². The van der Waals surface area contributed by atoms with Crippen molar-refractivity contribution in [3.63, 3.8) is 0 Å². The van der Waals surface area contributed by atoms with Gasteiger partial charge in [-0.15, -0.1) is 0 Å². The summed E-state index contributed by atoms with van der Waals surface area (Å²) in [6.45, 7) is 3.52. The molecule has 29 heavy (non-hydrogen) atoms. The molecule has 1 unspecified atom stereocenters. The Balaban J connectivity index is 2.31. The summed E-state index contributed by atoms with van der Waals surface area (Å²) in [4.78, 5) is 21.6. The van der Waals surface area contributed by atoms with Crippen LogP contribution in [0.2, 0.25) is 0 Å². The minimum Gasteiger partial charge on any atom is -0.466 e. The molecule has 0 amide bonds. The number of hydrogen-bond acceptors (Lipinski definition) is 6. The molecule has 0 bridgehead atoms. The number of hydrogen-bond donors (Lipinski definition) is 0. The molecule has 0 aliphatic rings. The van der Waals surface area contributed by atoms with Crippen LogP contribution >= 0.6 is 0 Å². The summed E-state index contributed by atoms with van der Waals surface area (Å²) in [7, 11) is -1.69. The van der Waals surface area contributed by atoms with E-state index < -0.39 is 24.7 Å². The Bertz CT molecular complexity index is 1000. The van der Waals surface area contributed by atoms with E-state index >= 15 is 0 Å². The Morgan fingerprint density at radius 3 is 1.93 bits per heavy atom. The van der Waals surface area contributed by atoms with E-state index in [0.717, 1.165) is 0 Å². The quantitative estimate of drug-likeness (QED) is 0.569. The Morgan fingerprint density at radius 1 is 0.966 bits per heavy atom. The first-order valence-electron chi connectivity index (χ1n) is 10.5. The van der Waals surface area contributed by atoms with Gasteiger partial charge in [-0.25, -0.2) is 14.8 Å². The molecule has 3 rings (SSSR count). The number of esters is 1. The first-order chi connectivity index (χ1) is 15.2. The normalized spacial score (nSPS) is 14.2. The van der Waals surface area contributed by atoms with Crippen molar-refractivity contribution in [3.05, 3.63) is 89.2 Å². The van der Waals surface area contributed by atoms with E-state index in [-0.39, 0.29) is 6.01 Å². The van der Waals surface area contributed by atoms with Gasteiger partial charge in [-0.1, -0.05) is 60.7 Å². The third-order valence-corrected chi connectivity index (χ3v) is 4.54. The molecule has 0 spiro atoms. The predicted molar refractivity (Wildman–Crippen MR) is 109 cm³/mol. The lowest BCUT2D eigenvalue weighted by Crippen LogP contribution is -2.51. The second kappa shape index (κ2) is 8.84. The van der Waals surface area contributed by atoms with Crippen LogP contribution in [-0.2, 0) is 19.9 Å². The summed E-state index contributed by atoms with van der Waals surface area (Å²) in [6, 6.07) is 18.8. The molecule has 1 aromatic heterocycles. The Kier molecular flexibility index (Phi) is 5.08. The van der Waals surface area contributed by atoms with Gasteiger partial charge < -0.3 is 14.2 Å². The molecule has 0 fully saturated rings. The smallest absolute Gasteiger partial charge is 0.351 e. The van der Waals surface area contributed by atoms with Gasteiger partial charge in [0.2, 0.25) is 6.10 Å². The molecular formula is C23H24N2O4. The summed E-state index contributed by atoms with van der Waals surface area (Å²) in [5.41, 5.74) is 0.141. The van der Waals surface area contributed by atoms with Crippen molar-refractivity contribution in [2.45, 2.75) is 25.6 Å². The maximum Gasteiger partial charge on any atom is 0.351 e. The van der Waals surface area contributed by atoms with Gasteiger partial charge >= 0.3 is 12.0 Å². The molecule has 0 saturated heterocycles. The molecule has 0 radical (unpaired) electrons. The zero-order valence-electron chi connectivity index (χ0n) is 19.5. The SMILES string of the molecule is [2H]C([2H])([2H])OC(c1ccccc1)(c1ccccc1)C(Oc1nc(C)cc(C)n1)C(=O)OC. The molecular weight excluding hydrogens is 368 g/mol. The van der Waals surface area contributed by atoms with Crippen molar-refractivity contribution in [1.82, 2.24) is 9.97 Å². The summed E-state index contributed by atoms with van der Waals surface area (Å²) in [5.74, 6) is -0.843. The van der Waals surface area contributed by atoms with E-state index in [1.165, 1.54) is 7.11 Å². The minimum absolute atomic E-state index is 0.0942. The number of ether oxygens (including phenoxy) is 3. The standard InChI is InChI=1S/C23H24N2O4/c1-16-15-17(2)25-22(24-16)29-20(21(26)27-3)23(28-4,18-11-7-5-8-12-18)19-13-9-6-10-14-19/h5-15,20H,1-4H3/i4D3. The number of aryl methyl sites for hydroxylation is 2. The van der Waals surface area contributed by atoms with Crippen LogP contribution in [0, 0.1) is 13.8 Å². The molecule has 2 aromatic carbocycles. The lowest BCUT2D eigenvalue weighted by Gasteiger charge is -2.38.